The fourth-order valence-corrected chi connectivity index (χ4v) is 10.2. The fourth-order valence-electron chi connectivity index (χ4n) is 10.2. The van der Waals surface area contributed by atoms with Crippen LogP contribution in [0.4, 0.5) is 0 Å². The minimum absolute atomic E-state index is 0.253. The van der Waals surface area contributed by atoms with E-state index in [-0.39, 0.29) is 6.17 Å². The predicted octanol–water partition coefficient (Wildman–Crippen LogP) is 13.7. The van der Waals surface area contributed by atoms with Crippen LogP contribution in [0.3, 0.4) is 0 Å². The highest BCUT2D eigenvalue weighted by Crippen LogP contribution is 2.41. The average molecular weight is 806 g/mol. The van der Waals surface area contributed by atoms with Crippen molar-refractivity contribution in [3.05, 3.63) is 234 Å². The van der Waals surface area contributed by atoms with Crippen molar-refractivity contribution in [1.82, 2.24) is 9.47 Å². The molecule has 0 fully saturated rings. The number of para-hydroxylation sites is 2. The Balaban J connectivity index is 0.970. The van der Waals surface area contributed by atoms with E-state index >= 15 is 0 Å². The second-order valence-corrected chi connectivity index (χ2v) is 16.7. The van der Waals surface area contributed by atoms with Gasteiger partial charge in [0.1, 0.15) is 17.1 Å². The molecule has 1 aliphatic heterocycles. The Hall–Kier alpha value is -8.21. The monoisotopic (exact) mass is 805 g/mol. The van der Waals surface area contributed by atoms with E-state index in [2.05, 4.69) is 217 Å². The van der Waals surface area contributed by atoms with Crippen molar-refractivity contribution in [2.75, 3.05) is 7.05 Å². The number of rotatable bonds is 5. The van der Waals surface area contributed by atoms with E-state index in [1.54, 1.807) is 0 Å². The number of aromatic nitrogens is 1. The Bertz CT molecular complexity index is 3900. The second kappa shape index (κ2) is 13.9. The third-order valence-corrected chi connectivity index (χ3v) is 13.2. The summed E-state index contributed by atoms with van der Waals surface area (Å²) in [5.74, 6) is 0. The van der Waals surface area contributed by atoms with Crippen LogP contribution in [0, 0.1) is 0 Å². The minimum Gasteiger partial charge on any atom is -0.452 e. The smallest absolute Gasteiger partial charge is 0.177 e. The molecule has 1 aliphatic rings. The van der Waals surface area contributed by atoms with Gasteiger partial charge >= 0.3 is 0 Å². The summed E-state index contributed by atoms with van der Waals surface area (Å²) >= 11 is 0. The van der Waals surface area contributed by atoms with Gasteiger partial charge in [-0.2, -0.15) is 0 Å². The Morgan fingerprint density at radius 1 is 0.397 bits per heavy atom. The maximum absolute atomic E-state index is 6.53. The molecule has 0 N–H and O–H groups in total. The van der Waals surface area contributed by atoms with Crippen LogP contribution in [0.2, 0.25) is 0 Å². The summed E-state index contributed by atoms with van der Waals surface area (Å²) in [6.45, 7) is 0. The van der Waals surface area contributed by atoms with Crippen molar-refractivity contribution in [2.24, 2.45) is 4.99 Å². The second-order valence-electron chi connectivity index (χ2n) is 16.7. The van der Waals surface area contributed by atoms with E-state index in [0.29, 0.717) is 0 Å². The summed E-state index contributed by atoms with van der Waals surface area (Å²) in [5, 5.41) is 12.1. The van der Waals surface area contributed by atoms with Crippen molar-refractivity contribution in [3.8, 4) is 27.9 Å². The van der Waals surface area contributed by atoms with Crippen molar-refractivity contribution >= 4 is 70.8 Å². The number of hydrogen-bond donors (Lipinski definition) is 0. The maximum atomic E-state index is 6.53. The molecule has 10 aromatic carbocycles. The van der Waals surface area contributed by atoms with Crippen LogP contribution in [-0.4, -0.2) is 16.5 Å². The summed E-state index contributed by atoms with van der Waals surface area (Å²) in [6.07, 6.45) is -0.253. The van der Waals surface area contributed by atoms with Gasteiger partial charge in [0.05, 0.1) is 16.7 Å². The lowest BCUT2D eigenvalue weighted by atomic mass is 9.92. The van der Waals surface area contributed by atoms with Crippen molar-refractivity contribution in [3.63, 3.8) is 0 Å². The van der Waals surface area contributed by atoms with Gasteiger partial charge in [-0.05, 0) is 121 Å². The molecule has 1 atom stereocenters. The first-order valence-corrected chi connectivity index (χ1v) is 21.6. The molecule has 296 valence electrons. The molecule has 4 heteroatoms. The summed E-state index contributed by atoms with van der Waals surface area (Å²) in [5.41, 5.74) is 13.1. The van der Waals surface area contributed by atoms with Crippen LogP contribution >= 0.6 is 0 Å². The van der Waals surface area contributed by atoms with Gasteiger partial charge in [0.25, 0.3) is 0 Å². The first-order valence-electron chi connectivity index (χ1n) is 21.6. The predicted molar refractivity (Wildman–Crippen MR) is 261 cm³/mol. The van der Waals surface area contributed by atoms with Gasteiger partial charge in [0, 0.05) is 34.5 Å². The lowest BCUT2D eigenvalue weighted by Gasteiger charge is -2.31. The summed E-state index contributed by atoms with van der Waals surface area (Å²) < 4.78 is 8.93. The molecule has 3 heterocycles. The zero-order chi connectivity index (χ0) is 41.6. The molecule has 0 bridgehead atoms. The molecule has 2 aromatic heterocycles. The zero-order valence-electron chi connectivity index (χ0n) is 34.5. The van der Waals surface area contributed by atoms with Crippen molar-refractivity contribution in [2.45, 2.75) is 6.17 Å². The molecule has 12 aromatic rings. The average Bonchev–Trinajstić information content (AvgIpc) is 3.89. The van der Waals surface area contributed by atoms with Crippen LogP contribution in [0.15, 0.2) is 222 Å². The Morgan fingerprint density at radius 3 is 1.54 bits per heavy atom. The Morgan fingerprint density at radius 2 is 0.889 bits per heavy atom. The first-order chi connectivity index (χ1) is 31.2. The maximum Gasteiger partial charge on any atom is 0.177 e. The van der Waals surface area contributed by atoms with E-state index in [1.807, 2.05) is 12.1 Å². The highest BCUT2D eigenvalue weighted by atomic mass is 16.3. The molecule has 4 nitrogen and oxygen atoms in total. The highest BCUT2D eigenvalue weighted by Gasteiger charge is 2.27. The van der Waals surface area contributed by atoms with E-state index in [1.165, 1.54) is 65.3 Å². The molecule has 63 heavy (non-hydrogen) atoms. The third kappa shape index (κ3) is 5.51. The summed E-state index contributed by atoms with van der Waals surface area (Å²) in [4.78, 5) is 7.68. The highest BCUT2D eigenvalue weighted by molar-refractivity contribution is 6.26. The largest absolute Gasteiger partial charge is 0.452 e. The minimum atomic E-state index is -0.253. The number of fused-ring (bicyclic) bond motifs is 12. The molecular formula is C59H39N3O. The number of hydrogen-bond acceptors (Lipinski definition) is 3. The molecule has 0 radical (unpaired) electrons. The third-order valence-electron chi connectivity index (χ3n) is 13.2. The van der Waals surface area contributed by atoms with Gasteiger partial charge < -0.3 is 13.9 Å². The van der Waals surface area contributed by atoms with Gasteiger partial charge in [-0.15, -0.1) is 0 Å². The van der Waals surface area contributed by atoms with E-state index < -0.39 is 0 Å². The Kier molecular flexibility index (Phi) is 7.85. The molecule has 0 saturated heterocycles. The topological polar surface area (TPSA) is 33.7 Å². The standard InChI is InChI=1S/C59H39N3O/c1-61-57(37-15-4-2-5-16-37)58-56(49-25-12-13-26-55(49)63-58)60-59(61)42-18-14-17-38(33-42)40-28-31-53-51(35-40)52-36-41(29-32-54(52)62(53)43-19-6-3-7-20-43)39-27-30-48-46-23-9-8-21-44(46)45-22-10-11-24-47(45)50(48)34-39/h2-36,59H,1H3. The lowest BCUT2D eigenvalue weighted by Crippen LogP contribution is -2.39. The number of benzene rings is 10. The number of furan rings is 1. The Labute approximate surface area is 363 Å². The van der Waals surface area contributed by atoms with Crippen LogP contribution in [0.5, 0.6) is 0 Å². The summed E-state index contributed by atoms with van der Waals surface area (Å²) in [6, 6.07) is 76.9. The van der Waals surface area contributed by atoms with Crippen molar-refractivity contribution < 1.29 is 4.42 Å². The molecule has 0 aliphatic carbocycles. The quantitative estimate of drug-likeness (QED) is 0.162. The first kappa shape index (κ1) is 35.5. The fraction of sp³-hybridized carbons (Fsp3) is 0.0339. The van der Waals surface area contributed by atoms with Gasteiger partial charge in [0.15, 0.2) is 5.42 Å². The molecular weight excluding hydrogens is 767 g/mol. The van der Waals surface area contributed by atoms with E-state index in [9.17, 15) is 0 Å². The van der Waals surface area contributed by atoms with Gasteiger partial charge in [-0.3, -0.25) is 4.99 Å². The normalized spacial score (nSPS) is 14.0. The van der Waals surface area contributed by atoms with E-state index in [0.717, 1.165) is 55.4 Å². The molecule has 13 rings (SSSR count). The molecule has 1 unspecified atom stereocenters. The molecule has 0 amide bonds. The van der Waals surface area contributed by atoms with Gasteiger partial charge in [0.2, 0.25) is 0 Å². The zero-order valence-corrected chi connectivity index (χ0v) is 34.5. The van der Waals surface area contributed by atoms with Crippen LogP contribution in [0.25, 0.3) is 98.7 Å². The number of nitrogens with zero attached hydrogens (tertiary/aromatic N) is 3. The summed E-state index contributed by atoms with van der Waals surface area (Å²) in [7, 11) is 2.13. The van der Waals surface area contributed by atoms with Gasteiger partial charge in [-0.25, -0.2) is 0 Å². The molecule has 0 saturated carbocycles. The molecule has 0 spiro atoms. The van der Waals surface area contributed by atoms with Crippen LogP contribution < -0.4 is 10.8 Å². The van der Waals surface area contributed by atoms with E-state index in [4.69, 9.17) is 9.41 Å². The van der Waals surface area contributed by atoms with Crippen LogP contribution in [-0.2, 0) is 0 Å². The lowest BCUT2D eigenvalue weighted by molar-refractivity contribution is 0.340. The van der Waals surface area contributed by atoms with Crippen molar-refractivity contribution in [1.29, 1.82) is 0 Å². The van der Waals surface area contributed by atoms with Crippen LogP contribution in [0.1, 0.15) is 17.3 Å². The van der Waals surface area contributed by atoms with Gasteiger partial charge in [-0.1, -0.05) is 152 Å². The SMILES string of the molecule is CN1C(c2ccccc2)=c2oc3ccccc3c2=NC1c1cccc(-c2ccc3c(c2)c2cc(-c4ccc5c6ccccc6c6ccccc6c5c4)ccc2n3-c2ccccc2)c1.